The Morgan fingerprint density at radius 1 is 1.67 bits per heavy atom. The van der Waals surface area contributed by atoms with Crippen LogP contribution in [-0.2, 0) is 4.84 Å². The number of hydrogen-bond acceptors (Lipinski definition) is 3. The molecule has 5 heteroatoms. The van der Waals surface area contributed by atoms with E-state index in [4.69, 9.17) is 9.94 Å². The SMILES string of the molecule is CCC12C(CON1C)CN(C(=O)O)C2C. The summed E-state index contributed by atoms with van der Waals surface area (Å²) in [7, 11) is 1.91. The van der Waals surface area contributed by atoms with Gasteiger partial charge in [0.15, 0.2) is 0 Å². The molecule has 0 bridgehead atoms. The quantitative estimate of drug-likeness (QED) is 0.707. The summed E-state index contributed by atoms with van der Waals surface area (Å²) in [5, 5.41) is 11.0. The average molecular weight is 214 g/mol. The lowest BCUT2D eigenvalue weighted by Gasteiger charge is -2.37. The van der Waals surface area contributed by atoms with Crippen LogP contribution in [0.1, 0.15) is 20.3 Å². The van der Waals surface area contributed by atoms with E-state index in [-0.39, 0.29) is 11.6 Å². The first kappa shape index (κ1) is 10.7. The number of nitrogens with zero attached hydrogens (tertiary/aromatic N) is 2. The second-order valence-electron chi connectivity index (χ2n) is 4.45. The molecular formula is C10H18N2O3. The predicted molar refractivity (Wildman–Crippen MR) is 54.4 cm³/mol. The van der Waals surface area contributed by atoms with Crippen LogP contribution in [0.3, 0.4) is 0 Å². The number of rotatable bonds is 1. The number of carbonyl (C=O) groups is 1. The van der Waals surface area contributed by atoms with Crippen molar-refractivity contribution in [1.29, 1.82) is 0 Å². The molecule has 0 aromatic carbocycles. The minimum Gasteiger partial charge on any atom is -0.465 e. The van der Waals surface area contributed by atoms with Crippen molar-refractivity contribution in [3.05, 3.63) is 0 Å². The van der Waals surface area contributed by atoms with Gasteiger partial charge in [-0.2, -0.15) is 5.06 Å². The normalized spacial score (nSPS) is 40.9. The van der Waals surface area contributed by atoms with Crippen LogP contribution in [-0.4, -0.2) is 52.9 Å². The maximum atomic E-state index is 11.1. The summed E-state index contributed by atoms with van der Waals surface area (Å²) < 4.78 is 0. The number of hydroxylamine groups is 2. The Labute approximate surface area is 89.6 Å². The second-order valence-corrected chi connectivity index (χ2v) is 4.45. The summed E-state index contributed by atoms with van der Waals surface area (Å²) in [6.45, 7) is 5.30. The van der Waals surface area contributed by atoms with E-state index < -0.39 is 6.09 Å². The van der Waals surface area contributed by atoms with Gasteiger partial charge in [0.05, 0.1) is 18.2 Å². The minimum absolute atomic E-state index is 0.00231. The molecule has 0 aromatic heterocycles. The van der Waals surface area contributed by atoms with E-state index in [0.717, 1.165) is 6.42 Å². The van der Waals surface area contributed by atoms with Gasteiger partial charge in [0, 0.05) is 19.5 Å². The standard InChI is InChI=1S/C10H18N2O3/c1-4-10-7(2)12(9(13)14)5-8(10)6-15-11(10)3/h7-8H,4-6H2,1-3H3,(H,13,14). The third-order valence-electron chi connectivity index (χ3n) is 4.18. The average Bonchev–Trinajstić information content (AvgIpc) is 2.65. The van der Waals surface area contributed by atoms with Crippen LogP contribution in [0.5, 0.6) is 0 Å². The van der Waals surface area contributed by atoms with Crippen LogP contribution < -0.4 is 0 Å². The van der Waals surface area contributed by atoms with Crippen molar-refractivity contribution < 1.29 is 14.7 Å². The summed E-state index contributed by atoms with van der Waals surface area (Å²) in [5.41, 5.74) is -0.127. The lowest BCUT2D eigenvalue weighted by atomic mass is 9.81. The molecule has 1 N–H and O–H groups in total. The first-order chi connectivity index (χ1) is 7.04. The van der Waals surface area contributed by atoms with E-state index in [0.29, 0.717) is 19.1 Å². The van der Waals surface area contributed by atoms with Crippen LogP contribution in [0.15, 0.2) is 0 Å². The topological polar surface area (TPSA) is 53.0 Å². The zero-order chi connectivity index (χ0) is 11.2. The lowest BCUT2D eigenvalue weighted by molar-refractivity contribution is -0.155. The molecule has 15 heavy (non-hydrogen) atoms. The zero-order valence-electron chi connectivity index (χ0n) is 9.43. The molecule has 2 aliphatic heterocycles. The van der Waals surface area contributed by atoms with E-state index in [2.05, 4.69) is 6.92 Å². The van der Waals surface area contributed by atoms with Gasteiger partial charge in [-0.15, -0.1) is 0 Å². The lowest BCUT2D eigenvalue weighted by Crippen LogP contribution is -2.53. The van der Waals surface area contributed by atoms with Gasteiger partial charge in [0.25, 0.3) is 0 Å². The molecule has 0 aromatic rings. The van der Waals surface area contributed by atoms with E-state index in [9.17, 15) is 4.79 Å². The van der Waals surface area contributed by atoms with Crippen LogP contribution in [0.25, 0.3) is 0 Å². The van der Waals surface area contributed by atoms with Crippen molar-refractivity contribution in [2.24, 2.45) is 5.92 Å². The molecule has 1 amide bonds. The number of fused-ring (bicyclic) bond motifs is 1. The molecule has 3 unspecified atom stereocenters. The zero-order valence-corrected chi connectivity index (χ0v) is 9.43. The fourth-order valence-electron chi connectivity index (χ4n) is 3.25. The number of carboxylic acid groups (broad SMARTS) is 1. The van der Waals surface area contributed by atoms with Gasteiger partial charge in [-0.3, -0.25) is 4.84 Å². The predicted octanol–water partition coefficient (Wildman–Crippen LogP) is 1.01. The molecule has 0 spiro atoms. The number of hydrogen-bond donors (Lipinski definition) is 1. The van der Waals surface area contributed by atoms with Crippen molar-refractivity contribution in [3.63, 3.8) is 0 Å². The molecule has 0 radical (unpaired) electrons. The van der Waals surface area contributed by atoms with Crippen molar-refractivity contribution in [2.45, 2.75) is 31.8 Å². The molecule has 0 aliphatic carbocycles. The minimum atomic E-state index is -0.821. The molecule has 2 fully saturated rings. The van der Waals surface area contributed by atoms with Gasteiger partial charge in [-0.25, -0.2) is 4.79 Å². The molecule has 0 saturated carbocycles. The van der Waals surface area contributed by atoms with Crippen molar-refractivity contribution in [2.75, 3.05) is 20.2 Å². The second kappa shape index (κ2) is 3.35. The van der Waals surface area contributed by atoms with Crippen LogP contribution >= 0.6 is 0 Å². The first-order valence-corrected chi connectivity index (χ1v) is 5.40. The third-order valence-corrected chi connectivity index (χ3v) is 4.18. The highest BCUT2D eigenvalue weighted by Crippen LogP contribution is 2.44. The highest BCUT2D eigenvalue weighted by atomic mass is 16.7. The van der Waals surface area contributed by atoms with Gasteiger partial charge in [0.2, 0.25) is 0 Å². The molecule has 2 saturated heterocycles. The Hall–Kier alpha value is -0.810. The summed E-state index contributed by atoms with van der Waals surface area (Å²) in [5.74, 6) is 0.304. The van der Waals surface area contributed by atoms with Gasteiger partial charge < -0.3 is 10.0 Å². The number of likely N-dealkylation sites (tertiary alicyclic amines) is 1. The Bertz CT molecular complexity index is 284. The van der Waals surface area contributed by atoms with Crippen molar-refractivity contribution in [1.82, 2.24) is 9.96 Å². The Morgan fingerprint density at radius 3 is 2.80 bits per heavy atom. The monoisotopic (exact) mass is 214 g/mol. The van der Waals surface area contributed by atoms with Gasteiger partial charge in [0.1, 0.15) is 0 Å². The highest BCUT2D eigenvalue weighted by Gasteiger charge is 2.59. The molecule has 2 heterocycles. The molecule has 86 valence electrons. The molecule has 2 aliphatic rings. The number of amides is 1. The highest BCUT2D eigenvalue weighted by molar-refractivity contribution is 5.66. The van der Waals surface area contributed by atoms with E-state index >= 15 is 0 Å². The molecule has 2 rings (SSSR count). The summed E-state index contributed by atoms with van der Waals surface area (Å²) in [6.07, 6.45) is 0.0946. The van der Waals surface area contributed by atoms with Crippen LogP contribution in [0, 0.1) is 5.92 Å². The largest absolute Gasteiger partial charge is 0.465 e. The number of likely N-dealkylation sites (N-methyl/N-ethyl adjacent to an activating group) is 1. The fraction of sp³-hybridized carbons (Fsp3) is 0.900. The maximum Gasteiger partial charge on any atom is 0.407 e. The van der Waals surface area contributed by atoms with Crippen molar-refractivity contribution >= 4 is 6.09 Å². The first-order valence-electron chi connectivity index (χ1n) is 5.40. The van der Waals surface area contributed by atoms with Crippen molar-refractivity contribution in [3.8, 4) is 0 Å². The third kappa shape index (κ3) is 1.19. The Kier molecular flexibility index (Phi) is 2.39. The summed E-state index contributed by atoms with van der Waals surface area (Å²) >= 11 is 0. The molecular weight excluding hydrogens is 196 g/mol. The van der Waals surface area contributed by atoms with Gasteiger partial charge in [-0.05, 0) is 13.3 Å². The summed E-state index contributed by atoms with van der Waals surface area (Å²) in [6, 6.07) is -0.00231. The van der Waals surface area contributed by atoms with E-state index in [1.165, 1.54) is 4.90 Å². The Morgan fingerprint density at radius 2 is 2.33 bits per heavy atom. The van der Waals surface area contributed by atoms with Gasteiger partial charge in [-0.1, -0.05) is 6.92 Å². The smallest absolute Gasteiger partial charge is 0.407 e. The van der Waals surface area contributed by atoms with Gasteiger partial charge >= 0.3 is 6.09 Å². The summed E-state index contributed by atoms with van der Waals surface area (Å²) in [4.78, 5) is 18.1. The Balaban J connectivity index is 2.31. The van der Waals surface area contributed by atoms with E-state index in [1.807, 2.05) is 19.0 Å². The maximum absolute atomic E-state index is 11.1. The van der Waals surface area contributed by atoms with E-state index in [1.54, 1.807) is 0 Å². The molecule has 3 atom stereocenters. The fourth-order valence-corrected chi connectivity index (χ4v) is 3.25. The van der Waals surface area contributed by atoms with Crippen LogP contribution in [0.4, 0.5) is 4.79 Å². The molecule has 5 nitrogen and oxygen atoms in total. The van der Waals surface area contributed by atoms with Crippen LogP contribution in [0.2, 0.25) is 0 Å².